The van der Waals surface area contributed by atoms with Crippen LogP contribution in [0.1, 0.15) is 52.4 Å². The van der Waals surface area contributed by atoms with E-state index < -0.39 is 0 Å². The number of hydrogen-bond acceptors (Lipinski definition) is 2. The van der Waals surface area contributed by atoms with Crippen LogP contribution in [0.5, 0.6) is 0 Å². The van der Waals surface area contributed by atoms with Crippen molar-refractivity contribution >= 4 is 5.91 Å². The van der Waals surface area contributed by atoms with E-state index in [1.54, 1.807) is 0 Å². The monoisotopic (exact) mass is 252 g/mol. The molecule has 2 aliphatic rings. The molecule has 1 amide bonds. The molecule has 0 spiro atoms. The van der Waals surface area contributed by atoms with Crippen molar-refractivity contribution in [2.24, 2.45) is 5.92 Å². The molecule has 1 saturated heterocycles. The summed E-state index contributed by atoms with van der Waals surface area (Å²) in [6, 6.07) is 0.604. The lowest BCUT2D eigenvalue weighted by Gasteiger charge is -2.28. The summed E-state index contributed by atoms with van der Waals surface area (Å²) in [5, 5.41) is 0. The van der Waals surface area contributed by atoms with E-state index in [4.69, 9.17) is 0 Å². The van der Waals surface area contributed by atoms with Crippen molar-refractivity contribution < 1.29 is 4.79 Å². The van der Waals surface area contributed by atoms with Crippen LogP contribution in [0.15, 0.2) is 0 Å². The first-order valence-corrected chi connectivity index (χ1v) is 7.79. The highest BCUT2D eigenvalue weighted by Gasteiger charge is 2.32. The molecule has 3 nitrogen and oxygen atoms in total. The molecule has 0 aromatic heterocycles. The molecule has 1 heterocycles. The number of amides is 1. The van der Waals surface area contributed by atoms with Crippen molar-refractivity contribution in [2.45, 2.75) is 58.4 Å². The molecule has 0 aromatic carbocycles. The van der Waals surface area contributed by atoms with Crippen LogP contribution in [-0.4, -0.2) is 47.9 Å². The first kappa shape index (κ1) is 13.9. The Hall–Kier alpha value is -0.570. The molecule has 3 heteroatoms. The van der Waals surface area contributed by atoms with E-state index in [0.717, 1.165) is 39.0 Å². The Morgan fingerprint density at radius 1 is 1.11 bits per heavy atom. The third-order valence-electron chi connectivity index (χ3n) is 4.76. The summed E-state index contributed by atoms with van der Waals surface area (Å²) in [7, 11) is 0. The van der Waals surface area contributed by atoms with Crippen molar-refractivity contribution in [3.63, 3.8) is 0 Å². The quantitative estimate of drug-likeness (QED) is 0.767. The zero-order valence-corrected chi connectivity index (χ0v) is 12.0. The molecule has 1 unspecified atom stereocenters. The van der Waals surface area contributed by atoms with Crippen molar-refractivity contribution in [1.82, 2.24) is 9.80 Å². The SMILES string of the molecule is CCN(CC)C1CCN(C(=O)C2CCCCC2)C1. The Bertz CT molecular complexity index is 270. The maximum absolute atomic E-state index is 12.5. The van der Waals surface area contributed by atoms with E-state index in [0.29, 0.717) is 17.9 Å². The number of nitrogens with zero attached hydrogens (tertiary/aromatic N) is 2. The Morgan fingerprint density at radius 3 is 2.39 bits per heavy atom. The zero-order chi connectivity index (χ0) is 13.0. The third kappa shape index (κ3) is 3.05. The standard InChI is InChI=1S/C15H28N2O/c1-3-16(4-2)14-10-11-17(12-14)15(18)13-8-6-5-7-9-13/h13-14H,3-12H2,1-2H3. The first-order chi connectivity index (χ1) is 8.76. The molecule has 1 aliphatic carbocycles. The van der Waals surface area contributed by atoms with E-state index in [1.807, 2.05) is 0 Å². The summed E-state index contributed by atoms with van der Waals surface area (Å²) in [6.07, 6.45) is 7.26. The first-order valence-electron chi connectivity index (χ1n) is 7.79. The van der Waals surface area contributed by atoms with Crippen molar-refractivity contribution in [2.75, 3.05) is 26.2 Å². The van der Waals surface area contributed by atoms with E-state index >= 15 is 0 Å². The molecule has 0 N–H and O–H groups in total. The fraction of sp³-hybridized carbons (Fsp3) is 0.933. The maximum atomic E-state index is 12.5. The van der Waals surface area contributed by atoms with Gasteiger partial charge in [-0.05, 0) is 32.4 Å². The van der Waals surface area contributed by atoms with E-state index in [1.165, 1.54) is 25.7 Å². The second-order valence-corrected chi connectivity index (χ2v) is 5.78. The lowest BCUT2D eigenvalue weighted by molar-refractivity contribution is -0.135. The number of carbonyl (C=O) groups excluding carboxylic acids is 1. The second kappa shape index (κ2) is 6.55. The summed E-state index contributed by atoms with van der Waals surface area (Å²) in [5.41, 5.74) is 0. The predicted molar refractivity (Wildman–Crippen MR) is 74.5 cm³/mol. The Morgan fingerprint density at radius 2 is 1.78 bits per heavy atom. The summed E-state index contributed by atoms with van der Waals surface area (Å²) in [5.74, 6) is 0.790. The molecular formula is C15H28N2O. The molecule has 0 aromatic rings. The molecule has 18 heavy (non-hydrogen) atoms. The highest BCUT2D eigenvalue weighted by atomic mass is 16.2. The highest BCUT2D eigenvalue weighted by molar-refractivity contribution is 5.79. The Labute approximate surface area is 112 Å². The molecule has 2 rings (SSSR count). The molecule has 1 atom stereocenters. The van der Waals surface area contributed by atoms with E-state index in [-0.39, 0.29) is 0 Å². The summed E-state index contributed by atoms with van der Waals surface area (Å²) >= 11 is 0. The summed E-state index contributed by atoms with van der Waals surface area (Å²) in [6.45, 7) is 8.59. The Kier molecular flexibility index (Phi) is 5.04. The highest BCUT2D eigenvalue weighted by Crippen LogP contribution is 2.27. The van der Waals surface area contributed by atoms with Crippen LogP contribution in [0.3, 0.4) is 0 Å². The predicted octanol–water partition coefficient (Wildman–Crippen LogP) is 2.51. The van der Waals surface area contributed by atoms with Gasteiger partial charge in [-0.1, -0.05) is 33.1 Å². The van der Waals surface area contributed by atoms with Gasteiger partial charge in [-0.15, -0.1) is 0 Å². The van der Waals surface area contributed by atoms with Gasteiger partial charge in [-0.3, -0.25) is 9.69 Å². The molecule has 2 fully saturated rings. The average Bonchev–Trinajstić information content (AvgIpc) is 2.90. The van der Waals surface area contributed by atoms with Crippen LogP contribution in [0.4, 0.5) is 0 Å². The third-order valence-corrected chi connectivity index (χ3v) is 4.76. The molecule has 104 valence electrons. The molecule has 0 radical (unpaired) electrons. The number of rotatable bonds is 4. The summed E-state index contributed by atoms with van der Waals surface area (Å²) < 4.78 is 0. The minimum Gasteiger partial charge on any atom is -0.341 e. The van der Waals surface area contributed by atoms with Gasteiger partial charge in [0, 0.05) is 25.0 Å². The van der Waals surface area contributed by atoms with Gasteiger partial charge in [-0.25, -0.2) is 0 Å². The van der Waals surface area contributed by atoms with Crippen LogP contribution < -0.4 is 0 Å². The molecular weight excluding hydrogens is 224 g/mol. The fourth-order valence-corrected chi connectivity index (χ4v) is 3.59. The van der Waals surface area contributed by atoms with Gasteiger partial charge < -0.3 is 4.90 Å². The van der Waals surface area contributed by atoms with Gasteiger partial charge in [0.15, 0.2) is 0 Å². The Balaban J connectivity index is 1.85. The second-order valence-electron chi connectivity index (χ2n) is 5.78. The average molecular weight is 252 g/mol. The lowest BCUT2D eigenvalue weighted by Crippen LogP contribution is -2.40. The normalized spacial score (nSPS) is 25.9. The number of likely N-dealkylation sites (N-methyl/N-ethyl adjacent to an activating group) is 1. The van der Waals surface area contributed by atoms with E-state index in [9.17, 15) is 4.79 Å². The number of hydrogen-bond donors (Lipinski definition) is 0. The van der Waals surface area contributed by atoms with Crippen molar-refractivity contribution in [3.05, 3.63) is 0 Å². The minimum atomic E-state index is 0.342. The van der Waals surface area contributed by atoms with Gasteiger partial charge in [0.05, 0.1) is 0 Å². The lowest BCUT2D eigenvalue weighted by atomic mass is 9.88. The van der Waals surface area contributed by atoms with Crippen molar-refractivity contribution in [3.8, 4) is 0 Å². The molecule has 1 aliphatic heterocycles. The number of likely N-dealkylation sites (tertiary alicyclic amines) is 1. The van der Waals surface area contributed by atoms with Crippen LogP contribution in [0.25, 0.3) is 0 Å². The van der Waals surface area contributed by atoms with Gasteiger partial charge >= 0.3 is 0 Å². The van der Waals surface area contributed by atoms with Gasteiger partial charge in [0.1, 0.15) is 0 Å². The zero-order valence-electron chi connectivity index (χ0n) is 12.0. The smallest absolute Gasteiger partial charge is 0.225 e. The van der Waals surface area contributed by atoms with Gasteiger partial charge in [0.2, 0.25) is 5.91 Å². The fourth-order valence-electron chi connectivity index (χ4n) is 3.59. The van der Waals surface area contributed by atoms with Gasteiger partial charge in [-0.2, -0.15) is 0 Å². The molecule has 1 saturated carbocycles. The van der Waals surface area contributed by atoms with Crippen LogP contribution in [-0.2, 0) is 4.79 Å². The molecule has 0 bridgehead atoms. The van der Waals surface area contributed by atoms with Crippen molar-refractivity contribution in [1.29, 1.82) is 0 Å². The minimum absolute atomic E-state index is 0.342. The van der Waals surface area contributed by atoms with E-state index in [2.05, 4.69) is 23.6 Å². The van der Waals surface area contributed by atoms with Crippen LogP contribution in [0.2, 0.25) is 0 Å². The maximum Gasteiger partial charge on any atom is 0.225 e. The number of carbonyl (C=O) groups is 1. The summed E-state index contributed by atoms with van der Waals surface area (Å²) in [4.78, 5) is 17.1. The van der Waals surface area contributed by atoms with Crippen LogP contribution >= 0.6 is 0 Å². The topological polar surface area (TPSA) is 23.6 Å². The largest absolute Gasteiger partial charge is 0.341 e. The van der Waals surface area contributed by atoms with Crippen LogP contribution in [0, 0.1) is 5.92 Å². The van der Waals surface area contributed by atoms with Gasteiger partial charge in [0.25, 0.3) is 0 Å².